The van der Waals surface area contributed by atoms with Gasteiger partial charge < -0.3 is 18.9 Å². The van der Waals surface area contributed by atoms with Crippen molar-refractivity contribution in [3.8, 4) is 5.75 Å². The monoisotopic (exact) mass is 320 g/mol. The zero-order chi connectivity index (χ0) is 16.5. The van der Waals surface area contributed by atoms with Crippen molar-refractivity contribution in [1.82, 2.24) is 0 Å². The van der Waals surface area contributed by atoms with Crippen LogP contribution in [0.5, 0.6) is 5.75 Å². The second-order valence-electron chi connectivity index (χ2n) is 5.37. The minimum absolute atomic E-state index is 0.0176. The van der Waals surface area contributed by atoms with E-state index in [1.807, 2.05) is 12.1 Å². The number of ether oxygens (including phenoxy) is 4. The lowest BCUT2D eigenvalue weighted by Gasteiger charge is -2.18. The molecular formula is C18H24O5. The molecule has 2 rings (SSSR count). The van der Waals surface area contributed by atoms with Gasteiger partial charge >= 0.3 is 5.97 Å². The highest BCUT2D eigenvalue weighted by Crippen LogP contribution is 2.24. The molecule has 0 radical (unpaired) electrons. The van der Waals surface area contributed by atoms with Gasteiger partial charge in [-0.25, -0.2) is 4.79 Å². The third kappa shape index (κ3) is 5.08. The van der Waals surface area contributed by atoms with Gasteiger partial charge in [-0.05, 0) is 30.9 Å². The summed E-state index contributed by atoms with van der Waals surface area (Å²) in [6.07, 6.45) is 7.33. The number of benzene rings is 1. The van der Waals surface area contributed by atoms with Crippen molar-refractivity contribution in [3.05, 3.63) is 41.5 Å². The molecular weight excluding hydrogens is 296 g/mol. The first-order chi connectivity index (χ1) is 11.3. The van der Waals surface area contributed by atoms with E-state index in [9.17, 15) is 4.79 Å². The van der Waals surface area contributed by atoms with Crippen LogP contribution < -0.4 is 4.74 Å². The van der Waals surface area contributed by atoms with Crippen LogP contribution in [0, 0.1) is 0 Å². The number of carbonyl (C=O) groups is 1. The van der Waals surface area contributed by atoms with E-state index in [0.717, 1.165) is 18.4 Å². The SMILES string of the molecule is COCOC1CC/C=C/Cc2cccc(OC)c2C(=O)OCC1. The number of methoxy groups -OCH3 is 2. The average molecular weight is 320 g/mol. The van der Waals surface area contributed by atoms with Crippen molar-refractivity contribution in [2.45, 2.75) is 31.8 Å². The maximum absolute atomic E-state index is 12.4. The number of cyclic esters (lactones) is 1. The van der Waals surface area contributed by atoms with E-state index < -0.39 is 0 Å². The lowest BCUT2D eigenvalue weighted by atomic mass is 10.0. The summed E-state index contributed by atoms with van der Waals surface area (Å²) in [5.74, 6) is 0.196. The number of esters is 1. The molecule has 1 aromatic rings. The van der Waals surface area contributed by atoms with Crippen LogP contribution in [0.25, 0.3) is 0 Å². The Hall–Kier alpha value is -1.85. The Bertz CT molecular complexity index is 538. The fourth-order valence-electron chi connectivity index (χ4n) is 2.59. The van der Waals surface area contributed by atoms with Crippen molar-refractivity contribution in [2.75, 3.05) is 27.6 Å². The van der Waals surface area contributed by atoms with Crippen molar-refractivity contribution in [3.63, 3.8) is 0 Å². The lowest BCUT2D eigenvalue weighted by molar-refractivity contribution is -0.0802. The standard InChI is InChI=1S/C18H24O5/c1-20-13-23-15-9-5-3-4-7-14-8-6-10-16(21-2)17(14)18(19)22-12-11-15/h3-4,6,8,10,15H,5,7,9,11-13H2,1-2H3/b4-3+. The third-order valence-electron chi connectivity index (χ3n) is 3.79. The zero-order valence-corrected chi connectivity index (χ0v) is 13.7. The van der Waals surface area contributed by atoms with Crippen LogP contribution in [-0.2, 0) is 20.6 Å². The molecule has 0 fully saturated rings. The van der Waals surface area contributed by atoms with Crippen molar-refractivity contribution in [1.29, 1.82) is 0 Å². The zero-order valence-electron chi connectivity index (χ0n) is 13.7. The molecule has 0 saturated carbocycles. The van der Waals surface area contributed by atoms with Crippen molar-refractivity contribution < 1.29 is 23.7 Å². The van der Waals surface area contributed by atoms with Gasteiger partial charge in [0, 0.05) is 13.5 Å². The predicted molar refractivity (Wildman–Crippen MR) is 86.7 cm³/mol. The van der Waals surface area contributed by atoms with Crippen LogP contribution in [0.2, 0.25) is 0 Å². The van der Waals surface area contributed by atoms with Gasteiger partial charge in [-0.2, -0.15) is 0 Å². The number of fused-ring (bicyclic) bond motifs is 1. The number of hydrogen-bond donors (Lipinski definition) is 0. The second-order valence-corrected chi connectivity index (χ2v) is 5.37. The first kappa shape index (κ1) is 17.5. The fraction of sp³-hybridized carbons (Fsp3) is 0.500. The topological polar surface area (TPSA) is 54.0 Å². The highest BCUT2D eigenvalue weighted by molar-refractivity contribution is 5.94. The maximum Gasteiger partial charge on any atom is 0.342 e. The Balaban J connectivity index is 2.16. The summed E-state index contributed by atoms with van der Waals surface area (Å²) in [4.78, 5) is 12.4. The highest BCUT2D eigenvalue weighted by atomic mass is 16.7. The van der Waals surface area contributed by atoms with Crippen LogP contribution in [0.3, 0.4) is 0 Å². The van der Waals surface area contributed by atoms with Gasteiger partial charge in [0.05, 0.1) is 19.8 Å². The normalized spacial score (nSPS) is 20.6. The summed E-state index contributed by atoms with van der Waals surface area (Å²) in [7, 11) is 3.15. The van der Waals surface area contributed by atoms with Crippen molar-refractivity contribution >= 4 is 5.97 Å². The maximum atomic E-state index is 12.4. The summed E-state index contributed by atoms with van der Waals surface area (Å²) >= 11 is 0. The minimum atomic E-state index is -0.350. The van der Waals surface area contributed by atoms with Crippen LogP contribution in [0.4, 0.5) is 0 Å². The van der Waals surface area contributed by atoms with Crippen LogP contribution in [0.1, 0.15) is 35.2 Å². The van der Waals surface area contributed by atoms with Gasteiger partial charge in [0.15, 0.2) is 0 Å². The summed E-state index contributed by atoms with van der Waals surface area (Å²) in [5, 5.41) is 0. The third-order valence-corrected chi connectivity index (χ3v) is 3.79. The van der Waals surface area contributed by atoms with Gasteiger partial charge in [-0.1, -0.05) is 24.3 Å². The molecule has 0 aliphatic carbocycles. The number of rotatable bonds is 4. The molecule has 0 aromatic heterocycles. The van der Waals surface area contributed by atoms with Gasteiger partial charge in [-0.3, -0.25) is 0 Å². The van der Waals surface area contributed by atoms with Gasteiger partial charge in [0.2, 0.25) is 0 Å². The molecule has 1 aliphatic heterocycles. The Kier molecular flexibility index (Phi) is 7.10. The van der Waals surface area contributed by atoms with E-state index in [1.54, 1.807) is 20.3 Å². The van der Waals surface area contributed by atoms with Crippen LogP contribution in [-0.4, -0.2) is 39.7 Å². The summed E-state index contributed by atoms with van der Waals surface area (Å²) < 4.78 is 21.3. The Morgan fingerprint density at radius 3 is 2.87 bits per heavy atom. The molecule has 0 amide bonds. The van der Waals surface area contributed by atoms with Gasteiger partial charge in [0.25, 0.3) is 0 Å². The Morgan fingerprint density at radius 1 is 1.22 bits per heavy atom. The van der Waals surface area contributed by atoms with Crippen LogP contribution >= 0.6 is 0 Å². The Morgan fingerprint density at radius 2 is 2.09 bits per heavy atom. The number of allylic oxidation sites excluding steroid dienone is 2. The lowest BCUT2D eigenvalue weighted by Crippen LogP contribution is -2.19. The smallest absolute Gasteiger partial charge is 0.342 e. The molecule has 0 saturated heterocycles. The van der Waals surface area contributed by atoms with Gasteiger partial charge in [-0.15, -0.1) is 0 Å². The molecule has 1 atom stereocenters. The average Bonchev–Trinajstić information content (AvgIpc) is 2.57. The second kappa shape index (κ2) is 9.33. The largest absolute Gasteiger partial charge is 0.496 e. The molecule has 126 valence electrons. The van der Waals surface area contributed by atoms with E-state index in [0.29, 0.717) is 30.8 Å². The molecule has 1 aliphatic rings. The number of hydrogen-bond acceptors (Lipinski definition) is 5. The summed E-state index contributed by atoms with van der Waals surface area (Å²) in [5.41, 5.74) is 1.42. The quantitative estimate of drug-likeness (QED) is 0.485. The molecule has 1 unspecified atom stereocenters. The molecule has 1 heterocycles. The minimum Gasteiger partial charge on any atom is -0.496 e. The van der Waals surface area contributed by atoms with E-state index in [4.69, 9.17) is 18.9 Å². The van der Waals surface area contributed by atoms with Gasteiger partial charge in [0.1, 0.15) is 18.1 Å². The summed E-state index contributed by atoms with van der Waals surface area (Å²) in [6, 6.07) is 5.60. The van der Waals surface area contributed by atoms with E-state index in [1.165, 1.54) is 0 Å². The summed E-state index contributed by atoms with van der Waals surface area (Å²) in [6.45, 7) is 0.563. The molecule has 0 spiro atoms. The molecule has 1 aromatic carbocycles. The molecule has 5 heteroatoms. The molecule has 5 nitrogen and oxygen atoms in total. The first-order valence-corrected chi connectivity index (χ1v) is 7.84. The fourth-order valence-corrected chi connectivity index (χ4v) is 2.59. The van der Waals surface area contributed by atoms with E-state index in [2.05, 4.69) is 12.2 Å². The molecule has 23 heavy (non-hydrogen) atoms. The molecule has 0 N–H and O–H groups in total. The van der Waals surface area contributed by atoms with Crippen molar-refractivity contribution in [2.24, 2.45) is 0 Å². The highest BCUT2D eigenvalue weighted by Gasteiger charge is 2.19. The first-order valence-electron chi connectivity index (χ1n) is 7.84. The van der Waals surface area contributed by atoms with Crippen LogP contribution in [0.15, 0.2) is 30.4 Å². The van der Waals surface area contributed by atoms with E-state index in [-0.39, 0.29) is 18.9 Å². The Labute approximate surface area is 137 Å². The van der Waals surface area contributed by atoms with E-state index >= 15 is 0 Å². The molecule has 0 bridgehead atoms. The number of carbonyl (C=O) groups excluding carboxylic acids is 1. The predicted octanol–water partition coefficient (Wildman–Crippen LogP) is 3.12.